The van der Waals surface area contributed by atoms with Crippen molar-refractivity contribution in [3.05, 3.63) is 53.6 Å². The summed E-state index contributed by atoms with van der Waals surface area (Å²) < 4.78 is 40.2. The Morgan fingerprint density at radius 1 is 1.25 bits per heavy atom. The Bertz CT molecular complexity index is 1150. The summed E-state index contributed by atoms with van der Waals surface area (Å²) in [6, 6.07) is 5.97. The summed E-state index contributed by atoms with van der Waals surface area (Å²) in [6.45, 7) is 2.15. The summed E-state index contributed by atoms with van der Waals surface area (Å²) in [5, 5.41) is 24.6. The molecule has 2 aromatic heterocycles. The molecule has 168 valence electrons. The van der Waals surface area contributed by atoms with Crippen LogP contribution >= 0.6 is 0 Å². The van der Waals surface area contributed by atoms with Crippen LogP contribution in [0.3, 0.4) is 0 Å². The summed E-state index contributed by atoms with van der Waals surface area (Å²) in [5.41, 5.74) is -0.158. The van der Waals surface area contributed by atoms with Crippen LogP contribution in [0.25, 0.3) is 5.69 Å². The molecular weight excluding hydrogens is 427 g/mol. The topological polar surface area (TPSA) is 118 Å². The third-order valence-corrected chi connectivity index (χ3v) is 5.13. The van der Waals surface area contributed by atoms with E-state index in [-0.39, 0.29) is 24.7 Å². The minimum Gasteiger partial charge on any atom is -0.383 e. The number of hydrogen-bond acceptors (Lipinski definition) is 7. The Kier molecular flexibility index (Phi) is 5.55. The average molecular weight is 447 g/mol. The number of alkyl halides is 3. The lowest BCUT2D eigenvalue weighted by atomic mass is 9.92. The van der Waals surface area contributed by atoms with E-state index in [4.69, 9.17) is 0 Å². The van der Waals surface area contributed by atoms with Gasteiger partial charge in [0.05, 0.1) is 11.9 Å². The van der Waals surface area contributed by atoms with Crippen molar-refractivity contribution < 1.29 is 23.1 Å². The summed E-state index contributed by atoms with van der Waals surface area (Å²) in [4.78, 5) is 18.9. The van der Waals surface area contributed by atoms with Crippen LogP contribution in [0.15, 0.2) is 36.7 Å². The van der Waals surface area contributed by atoms with Crippen molar-refractivity contribution in [2.24, 2.45) is 0 Å². The van der Waals surface area contributed by atoms with Crippen LogP contribution in [0.1, 0.15) is 36.2 Å². The fraction of sp³-hybridized carbons (Fsp3) is 0.350. The molecule has 3 heterocycles. The lowest BCUT2D eigenvalue weighted by molar-refractivity contribution is -0.141. The number of nitrogens with one attached hydrogen (secondary N) is 2. The molecule has 1 aromatic carbocycles. The van der Waals surface area contributed by atoms with Crippen LogP contribution < -0.4 is 10.6 Å². The number of carbonyl (C=O) groups is 1. The average Bonchev–Trinajstić information content (AvgIpc) is 3.16. The molecule has 1 aliphatic rings. The van der Waals surface area contributed by atoms with Gasteiger partial charge in [0, 0.05) is 24.8 Å². The molecule has 1 aliphatic heterocycles. The zero-order valence-corrected chi connectivity index (χ0v) is 17.0. The number of rotatable bonds is 4. The van der Waals surface area contributed by atoms with Crippen LogP contribution in [-0.4, -0.2) is 42.5 Å². The fourth-order valence-corrected chi connectivity index (χ4v) is 3.47. The zero-order valence-electron chi connectivity index (χ0n) is 17.0. The van der Waals surface area contributed by atoms with Crippen molar-refractivity contribution in [2.75, 3.05) is 11.9 Å². The van der Waals surface area contributed by atoms with Crippen molar-refractivity contribution in [1.82, 2.24) is 30.3 Å². The number of aryl methyl sites for hydroxylation is 1. The van der Waals surface area contributed by atoms with E-state index in [1.54, 1.807) is 24.4 Å². The van der Waals surface area contributed by atoms with Gasteiger partial charge in [-0.2, -0.15) is 13.2 Å². The van der Waals surface area contributed by atoms with Gasteiger partial charge in [0.25, 0.3) is 0 Å². The van der Waals surface area contributed by atoms with E-state index in [1.165, 1.54) is 4.68 Å². The molecular formula is C20H20F3N7O2. The van der Waals surface area contributed by atoms with E-state index in [0.717, 1.165) is 17.8 Å². The maximum Gasteiger partial charge on any atom is 0.433 e. The predicted molar refractivity (Wildman–Crippen MR) is 107 cm³/mol. The first-order chi connectivity index (χ1) is 15.1. The number of halogens is 3. The van der Waals surface area contributed by atoms with Gasteiger partial charge in [0.2, 0.25) is 11.9 Å². The molecule has 0 aliphatic carbocycles. The lowest BCUT2D eigenvalue weighted by Gasteiger charge is -2.22. The highest BCUT2D eigenvalue weighted by molar-refractivity contribution is 5.76. The van der Waals surface area contributed by atoms with Gasteiger partial charge in [0.15, 0.2) is 0 Å². The van der Waals surface area contributed by atoms with Crippen LogP contribution in [0.4, 0.5) is 24.8 Å². The van der Waals surface area contributed by atoms with Crippen molar-refractivity contribution in [2.45, 2.75) is 38.0 Å². The van der Waals surface area contributed by atoms with E-state index < -0.39 is 17.5 Å². The SMILES string of the molecule is Cc1cc(Nc2nccc(C(F)(F)F)n2)cc(-n2cc(C3(O)CCNC(=O)CC3)nn2)c1. The van der Waals surface area contributed by atoms with Crippen molar-refractivity contribution in [1.29, 1.82) is 0 Å². The Morgan fingerprint density at radius 3 is 2.84 bits per heavy atom. The van der Waals surface area contributed by atoms with E-state index in [1.807, 2.05) is 6.92 Å². The first-order valence-electron chi connectivity index (χ1n) is 9.84. The van der Waals surface area contributed by atoms with Gasteiger partial charge in [-0.3, -0.25) is 4.79 Å². The van der Waals surface area contributed by atoms with E-state index in [9.17, 15) is 23.1 Å². The van der Waals surface area contributed by atoms with Crippen LogP contribution in [-0.2, 0) is 16.6 Å². The molecule has 3 aromatic rings. The van der Waals surface area contributed by atoms with Crippen molar-refractivity contribution in [3.63, 3.8) is 0 Å². The number of nitrogens with zero attached hydrogens (tertiary/aromatic N) is 5. The molecule has 12 heteroatoms. The van der Waals surface area contributed by atoms with E-state index >= 15 is 0 Å². The van der Waals surface area contributed by atoms with Crippen molar-refractivity contribution >= 4 is 17.5 Å². The van der Waals surface area contributed by atoms with Crippen LogP contribution in [0, 0.1) is 6.92 Å². The second-order valence-electron chi connectivity index (χ2n) is 7.63. The quantitative estimate of drug-likeness (QED) is 0.563. The predicted octanol–water partition coefficient (Wildman–Crippen LogP) is 2.62. The third kappa shape index (κ3) is 4.69. The Hall–Kier alpha value is -3.54. The number of anilines is 2. The van der Waals surface area contributed by atoms with Gasteiger partial charge in [-0.15, -0.1) is 5.10 Å². The number of aliphatic hydroxyl groups is 1. The highest BCUT2D eigenvalue weighted by atomic mass is 19.4. The molecule has 1 atom stereocenters. The van der Waals surface area contributed by atoms with E-state index in [2.05, 4.69) is 30.9 Å². The molecule has 1 amide bonds. The normalized spacial score (nSPS) is 19.3. The van der Waals surface area contributed by atoms with Crippen molar-refractivity contribution in [3.8, 4) is 5.69 Å². The molecule has 0 saturated carbocycles. The number of carbonyl (C=O) groups excluding carboxylic acids is 1. The largest absolute Gasteiger partial charge is 0.433 e. The molecule has 0 radical (unpaired) electrons. The highest BCUT2D eigenvalue weighted by Crippen LogP contribution is 2.31. The summed E-state index contributed by atoms with van der Waals surface area (Å²) in [7, 11) is 0. The van der Waals surface area contributed by atoms with Crippen LogP contribution in [0.5, 0.6) is 0 Å². The first kappa shape index (κ1) is 21.7. The number of hydrogen-bond donors (Lipinski definition) is 3. The minimum absolute atomic E-state index is 0.125. The summed E-state index contributed by atoms with van der Waals surface area (Å²) in [6.07, 6.45) is -1.25. The molecule has 32 heavy (non-hydrogen) atoms. The Balaban J connectivity index is 1.59. The van der Waals surface area contributed by atoms with Gasteiger partial charge < -0.3 is 15.7 Å². The second-order valence-corrected chi connectivity index (χ2v) is 7.63. The first-order valence-corrected chi connectivity index (χ1v) is 9.84. The molecule has 0 spiro atoms. The fourth-order valence-electron chi connectivity index (χ4n) is 3.47. The van der Waals surface area contributed by atoms with Gasteiger partial charge in [-0.05, 0) is 49.6 Å². The number of aromatic nitrogens is 5. The molecule has 1 saturated heterocycles. The van der Waals surface area contributed by atoms with Gasteiger partial charge >= 0.3 is 6.18 Å². The maximum absolute atomic E-state index is 12.9. The van der Waals surface area contributed by atoms with E-state index in [0.29, 0.717) is 30.0 Å². The minimum atomic E-state index is -4.58. The van der Waals surface area contributed by atoms with Crippen LogP contribution in [0.2, 0.25) is 0 Å². The molecule has 1 fully saturated rings. The molecule has 0 bridgehead atoms. The van der Waals surface area contributed by atoms with Gasteiger partial charge in [-0.25, -0.2) is 14.6 Å². The number of amides is 1. The zero-order chi connectivity index (χ0) is 22.9. The smallest absolute Gasteiger partial charge is 0.383 e. The standard InChI is InChI=1S/C20H20F3N7O2/c1-12-8-13(26-18-25-6-3-15(27-18)20(21,22)23)10-14(9-12)30-11-16(28-29-30)19(32)4-2-17(31)24-7-5-19/h3,6,8-11,32H,2,4-5,7H2,1H3,(H,24,31)(H,25,26,27). The molecule has 4 rings (SSSR count). The maximum atomic E-state index is 12.9. The summed E-state index contributed by atoms with van der Waals surface area (Å²) >= 11 is 0. The lowest BCUT2D eigenvalue weighted by Crippen LogP contribution is -2.27. The van der Waals surface area contributed by atoms with Gasteiger partial charge in [0.1, 0.15) is 17.0 Å². The Morgan fingerprint density at radius 2 is 2.06 bits per heavy atom. The summed E-state index contributed by atoms with van der Waals surface area (Å²) in [5.74, 6) is -0.319. The molecule has 3 N–H and O–H groups in total. The Labute approximate surface area is 180 Å². The molecule has 9 nitrogen and oxygen atoms in total. The second kappa shape index (κ2) is 8.19. The number of benzene rings is 1. The highest BCUT2D eigenvalue weighted by Gasteiger charge is 2.35. The monoisotopic (exact) mass is 447 g/mol. The third-order valence-electron chi connectivity index (χ3n) is 5.13. The molecule has 1 unspecified atom stereocenters. The van der Waals surface area contributed by atoms with Gasteiger partial charge in [-0.1, -0.05) is 5.21 Å².